The highest BCUT2D eigenvalue weighted by atomic mass is 16.3. The molecule has 1 aromatic rings. The lowest BCUT2D eigenvalue weighted by atomic mass is 10.2. The van der Waals surface area contributed by atoms with Gasteiger partial charge in [-0.1, -0.05) is 0 Å². The van der Waals surface area contributed by atoms with E-state index < -0.39 is 6.04 Å². The Kier molecular flexibility index (Phi) is 3.29. The number of likely N-dealkylation sites (N-methyl/N-ethyl adjacent to an activating group) is 1. The van der Waals surface area contributed by atoms with Gasteiger partial charge in [-0.15, -0.1) is 0 Å². The summed E-state index contributed by atoms with van der Waals surface area (Å²) in [6.45, 7) is 2.08. The van der Waals surface area contributed by atoms with E-state index in [0.717, 1.165) is 10.6 Å². The lowest BCUT2D eigenvalue weighted by Crippen LogP contribution is -2.36. The molecule has 1 aromatic heterocycles. The van der Waals surface area contributed by atoms with E-state index in [4.69, 9.17) is 0 Å². The number of rotatable bonds is 3. The van der Waals surface area contributed by atoms with Crippen LogP contribution in [0.15, 0.2) is 12.1 Å². The predicted molar refractivity (Wildman–Crippen MR) is 63.7 cm³/mol. The molecule has 1 atom stereocenters. The van der Waals surface area contributed by atoms with Gasteiger partial charge in [-0.05, 0) is 19.1 Å². The van der Waals surface area contributed by atoms with Crippen LogP contribution in [0, 0.1) is 6.92 Å². The molecule has 96 valence electrons. The van der Waals surface area contributed by atoms with Crippen LogP contribution in [0.3, 0.4) is 0 Å². The van der Waals surface area contributed by atoms with Gasteiger partial charge in [0.25, 0.3) is 0 Å². The van der Waals surface area contributed by atoms with E-state index in [0.29, 0.717) is 5.69 Å². The van der Waals surface area contributed by atoms with Gasteiger partial charge in [-0.25, -0.2) is 0 Å². The first-order valence-corrected chi connectivity index (χ1v) is 5.68. The number of nitrogens with zero attached hydrogens (tertiary/aromatic N) is 2. The van der Waals surface area contributed by atoms with Gasteiger partial charge < -0.3 is 5.11 Å². The summed E-state index contributed by atoms with van der Waals surface area (Å²) in [4.78, 5) is 28.3. The summed E-state index contributed by atoms with van der Waals surface area (Å²) in [5, 5.41) is 12.6. The Bertz CT molecular complexity index is 501. The van der Waals surface area contributed by atoms with Gasteiger partial charge in [-0.2, -0.15) is 0 Å². The summed E-state index contributed by atoms with van der Waals surface area (Å²) in [7, 11) is 1.47. The minimum atomic E-state index is -0.524. The van der Waals surface area contributed by atoms with E-state index in [2.05, 4.69) is 10.3 Å². The summed E-state index contributed by atoms with van der Waals surface area (Å²) in [5.41, 5.74) is 1.26. The molecule has 2 rings (SSSR count). The van der Waals surface area contributed by atoms with Crippen LogP contribution in [-0.4, -0.2) is 39.9 Å². The molecule has 2 heterocycles. The molecule has 6 nitrogen and oxygen atoms in total. The molecule has 18 heavy (non-hydrogen) atoms. The number of hydrogen-bond acceptors (Lipinski definition) is 5. The molecule has 2 amide bonds. The average molecular weight is 249 g/mol. The van der Waals surface area contributed by atoms with E-state index in [9.17, 15) is 14.7 Å². The first-order valence-electron chi connectivity index (χ1n) is 5.68. The molecule has 0 saturated carbocycles. The molecule has 2 N–H and O–H groups in total. The number of aromatic nitrogens is 1. The van der Waals surface area contributed by atoms with Crippen LogP contribution in [-0.2, 0) is 16.1 Å². The topological polar surface area (TPSA) is 82.5 Å². The van der Waals surface area contributed by atoms with E-state index in [1.807, 2.05) is 6.92 Å². The smallest absolute Gasteiger partial charge is 0.246 e. The molecule has 0 radical (unpaired) electrons. The van der Waals surface area contributed by atoms with Gasteiger partial charge in [0.15, 0.2) is 0 Å². The minimum Gasteiger partial charge on any atom is -0.506 e. The third kappa shape index (κ3) is 2.33. The maximum absolute atomic E-state index is 11.6. The van der Waals surface area contributed by atoms with Crippen molar-refractivity contribution in [2.24, 2.45) is 0 Å². The first kappa shape index (κ1) is 12.5. The molecule has 1 aliphatic rings. The van der Waals surface area contributed by atoms with Crippen molar-refractivity contribution in [1.29, 1.82) is 0 Å². The van der Waals surface area contributed by atoms with Crippen LogP contribution in [0.25, 0.3) is 0 Å². The molecule has 1 saturated heterocycles. The molecule has 0 aromatic carbocycles. The molecule has 6 heteroatoms. The fraction of sp³-hybridized carbons (Fsp3) is 0.417. The molecule has 0 bridgehead atoms. The van der Waals surface area contributed by atoms with Crippen molar-refractivity contribution in [3.05, 3.63) is 23.5 Å². The number of nitrogens with one attached hydrogen (secondary N) is 1. The van der Waals surface area contributed by atoms with E-state index in [1.54, 1.807) is 12.1 Å². The Labute approximate surface area is 105 Å². The Hall–Kier alpha value is -1.95. The second kappa shape index (κ2) is 4.73. The van der Waals surface area contributed by atoms with Crippen molar-refractivity contribution < 1.29 is 14.7 Å². The maximum atomic E-state index is 11.6. The Morgan fingerprint density at radius 3 is 2.83 bits per heavy atom. The van der Waals surface area contributed by atoms with E-state index in [1.165, 1.54) is 7.05 Å². The summed E-state index contributed by atoms with van der Waals surface area (Å²) >= 11 is 0. The Balaban J connectivity index is 2.02. The molecule has 0 aliphatic carbocycles. The zero-order valence-corrected chi connectivity index (χ0v) is 10.3. The number of aromatic hydroxyl groups is 1. The molecule has 1 fully saturated rings. The van der Waals surface area contributed by atoms with E-state index >= 15 is 0 Å². The highest BCUT2D eigenvalue weighted by Crippen LogP contribution is 2.16. The zero-order valence-electron chi connectivity index (χ0n) is 10.3. The summed E-state index contributed by atoms with van der Waals surface area (Å²) < 4.78 is 0. The van der Waals surface area contributed by atoms with E-state index in [-0.39, 0.29) is 30.5 Å². The first-order chi connectivity index (χ1) is 8.49. The second-order valence-electron chi connectivity index (χ2n) is 4.35. The minimum absolute atomic E-state index is 0.0817. The third-order valence-corrected chi connectivity index (χ3v) is 2.99. The quantitative estimate of drug-likeness (QED) is 0.733. The van der Waals surface area contributed by atoms with Gasteiger partial charge in [0.2, 0.25) is 11.8 Å². The van der Waals surface area contributed by atoms with Gasteiger partial charge in [0.1, 0.15) is 5.75 Å². The van der Waals surface area contributed by atoms with Crippen molar-refractivity contribution in [1.82, 2.24) is 15.2 Å². The van der Waals surface area contributed by atoms with Gasteiger partial charge in [-0.3, -0.25) is 24.8 Å². The van der Waals surface area contributed by atoms with Crippen LogP contribution in [0.2, 0.25) is 0 Å². The largest absolute Gasteiger partial charge is 0.506 e. The second-order valence-corrected chi connectivity index (χ2v) is 4.35. The standard InChI is InChI=1S/C12H15N3O3/c1-7-3-4-10(16)9(14-7)6-13-8-5-11(17)15(2)12(8)18/h3-4,8,13,16H,5-6H2,1-2H3. The normalized spacial score (nSPS) is 19.7. The monoisotopic (exact) mass is 249 g/mol. The van der Waals surface area contributed by atoms with Crippen molar-refractivity contribution in [3.63, 3.8) is 0 Å². The van der Waals surface area contributed by atoms with Gasteiger partial charge >= 0.3 is 0 Å². The summed E-state index contributed by atoms with van der Waals surface area (Å²) in [6, 6.07) is 2.74. The van der Waals surface area contributed by atoms with Crippen molar-refractivity contribution in [3.8, 4) is 5.75 Å². The fourth-order valence-electron chi connectivity index (χ4n) is 1.87. The Morgan fingerprint density at radius 1 is 1.50 bits per heavy atom. The number of likely N-dealkylation sites (tertiary alicyclic amines) is 1. The lowest BCUT2D eigenvalue weighted by molar-refractivity contribution is -0.137. The Morgan fingerprint density at radius 2 is 2.22 bits per heavy atom. The number of carbonyl (C=O) groups is 2. The van der Waals surface area contributed by atoms with Crippen LogP contribution in [0.4, 0.5) is 0 Å². The molecular weight excluding hydrogens is 234 g/mol. The molecule has 1 unspecified atom stereocenters. The van der Waals surface area contributed by atoms with Crippen LogP contribution < -0.4 is 5.32 Å². The summed E-state index contributed by atoms with van der Waals surface area (Å²) in [6.07, 6.45) is 0.155. The zero-order chi connectivity index (χ0) is 13.3. The number of imide groups is 1. The number of hydrogen-bond donors (Lipinski definition) is 2. The van der Waals surface area contributed by atoms with Crippen molar-refractivity contribution in [2.75, 3.05) is 7.05 Å². The number of pyridine rings is 1. The van der Waals surface area contributed by atoms with Crippen molar-refractivity contribution in [2.45, 2.75) is 25.9 Å². The maximum Gasteiger partial charge on any atom is 0.246 e. The number of amides is 2. The van der Waals surface area contributed by atoms with Crippen LogP contribution in [0.5, 0.6) is 5.75 Å². The van der Waals surface area contributed by atoms with Crippen LogP contribution in [0.1, 0.15) is 17.8 Å². The lowest BCUT2D eigenvalue weighted by Gasteiger charge is -2.11. The molecule has 1 aliphatic heterocycles. The number of aryl methyl sites for hydroxylation is 1. The molecular formula is C12H15N3O3. The fourth-order valence-corrected chi connectivity index (χ4v) is 1.87. The SMILES string of the molecule is Cc1ccc(O)c(CNC2CC(=O)N(C)C2=O)n1. The highest BCUT2D eigenvalue weighted by Gasteiger charge is 2.35. The predicted octanol–water partition coefficient (Wildman–Crippen LogP) is -0.0575. The van der Waals surface area contributed by atoms with Gasteiger partial charge in [0, 0.05) is 19.3 Å². The average Bonchev–Trinajstić information content (AvgIpc) is 2.58. The van der Waals surface area contributed by atoms with Crippen molar-refractivity contribution >= 4 is 11.8 Å². The summed E-state index contributed by atoms with van der Waals surface area (Å²) in [5.74, 6) is -0.357. The molecule has 0 spiro atoms. The third-order valence-electron chi connectivity index (χ3n) is 2.99. The van der Waals surface area contributed by atoms with Crippen LogP contribution >= 0.6 is 0 Å². The highest BCUT2D eigenvalue weighted by molar-refractivity contribution is 6.05. The number of carbonyl (C=O) groups excluding carboxylic acids is 2. The van der Waals surface area contributed by atoms with Gasteiger partial charge in [0.05, 0.1) is 18.2 Å².